The van der Waals surface area contributed by atoms with Gasteiger partial charge in [-0.3, -0.25) is 4.90 Å². The normalized spacial score (nSPS) is 17.7. The molecule has 0 aliphatic carbocycles. The number of nitrogens with zero attached hydrogens (tertiary/aromatic N) is 2. The summed E-state index contributed by atoms with van der Waals surface area (Å²) in [5, 5.41) is 14.9. The van der Waals surface area contributed by atoms with Crippen molar-refractivity contribution in [2.75, 3.05) is 19.7 Å². The van der Waals surface area contributed by atoms with Gasteiger partial charge in [0, 0.05) is 31.6 Å². The molecular weight excluding hydrogens is 376 g/mol. The van der Waals surface area contributed by atoms with Gasteiger partial charge >= 0.3 is 0 Å². The second-order valence-electron chi connectivity index (χ2n) is 9.04. The highest BCUT2D eigenvalue weighted by Gasteiger charge is 2.26. The molecule has 1 N–H and O–H groups in total. The van der Waals surface area contributed by atoms with Gasteiger partial charge < -0.3 is 14.7 Å². The van der Waals surface area contributed by atoms with Crippen LogP contribution in [0.5, 0.6) is 0 Å². The minimum absolute atomic E-state index is 0.0287. The fourth-order valence-electron chi connectivity index (χ4n) is 3.61. The van der Waals surface area contributed by atoms with Crippen LogP contribution in [0.2, 0.25) is 0 Å². The molecule has 0 aromatic heterocycles. The number of hydrogen-bond acceptors (Lipinski definition) is 5. The highest BCUT2D eigenvalue weighted by Crippen LogP contribution is 2.21. The zero-order chi connectivity index (χ0) is 21.6. The monoisotopic (exact) mass is 410 g/mol. The summed E-state index contributed by atoms with van der Waals surface area (Å²) in [5.41, 5.74) is 4.29. The minimum atomic E-state index is -0.564. The van der Waals surface area contributed by atoms with Crippen molar-refractivity contribution in [2.24, 2.45) is 5.16 Å². The summed E-state index contributed by atoms with van der Waals surface area (Å²) >= 11 is 0. The van der Waals surface area contributed by atoms with Crippen LogP contribution >= 0.6 is 0 Å². The number of rotatable bonds is 9. The van der Waals surface area contributed by atoms with Crippen LogP contribution in [0, 0.1) is 6.92 Å². The first-order valence-corrected chi connectivity index (χ1v) is 10.7. The van der Waals surface area contributed by atoms with E-state index in [1.807, 2.05) is 51.1 Å². The topological polar surface area (TPSA) is 54.3 Å². The number of aryl methyl sites for hydroxylation is 1. The van der Waals surface area contributed by atoms with E-state index in [4.69, 9.17) is 9.57 Å². The maximum absolute atomic E-state index is 10.6. The summed E-state index contributed by atoms with van der Waals surface area (Å²) in [5.74, 6) is 0. The molecule has 2 atom stereocenters. The third kappa shape index (κ3) is 6.94. The van der Waals surface area contributed by atoms with Crippen molar-refractivity contribution >= 4 is 5.71 Å². The molecule has 0 radical (unpaired) electrons. The molecule has 3 rings (SSSR count). The van der Waals surface area contributed by atoms with E-state index in [2.05, 4.69) is 41.2 Å². The van der Waals surface area contributed by atoms with Gasteiger partial charge in [0.1, 0.15) is 6.10 Å². The predicted octanol–water partition coefficient (Wildman–Crippen LogP) is 4.17. The van der Waals surface area contributed by atoms with Crippen molar-refractivity contribution in [3.63, 3.8) is 0 Å². The standard InChI is InChI=1S/C25H34N2O3/c1-19-10-8-9-13-23(19)24-14-22(30-26-24)17-27(15-20-11-6-5-7-12-20)16-21(28)18-29-25(2,3)4/h5-13,21-22,28H,14-18H2,1-4H3. The molecule has 5 nitrogen and oxygen atoms in total. The molecular formula is C25H34N2O3. The summed E-state index contributed by atoms with van der Waals surface area (Å²) < 4.78 is 5.77. The fraction of sp³-hybridized carbons (Fsp3) is 0.480. The summed E-state index contributed by atoms with van der Waals surface area (Å²) in [7, 11) is 0. The van der Waals surface area contributed by atoms with Crippen LogP contribution in [0.3, 0.4) is 0 Å². The average molecular weight is 411 g/mol. The molecule has 5 heteroatoms. The van der Waals surface area contributed by atoms with Gasteiger partial charge in [0.2, 0.25) is 0 Å². The number of aliphatic hydroxyl groups is 1. The lowest BCUT2D eigenvalue weighted by Gasteiger charge is -2.28. The van der Waals surface area contributed by atoms with E-state index in [9.17, 15) is 5.11 Å². The zero-order valence-electron chi connectivity index (χ0n) is 18.5. The molecule has 162 valence electrons. The summed E-state index contributed by atoms with van der Waals surface area (Å²) in [6.45, 7) is 10.4. The van der Waals surface area contributed by atoms with Gasteiger partial charge in [-0.2, -0.15) is 0 Å². The smallest absolute Gasteiger partial charge is 0.145 e. The van der Waals surface area contributed by atoms with Crippen LogP contribution in [0.1, 0.15) is 43.9 Å². The number of ether oxygens (including phenoxy) is 1. The first kappa shape index (κ1) is 22.5. The summed E-state index contributed by atoms with van der Waals surface area (Å²) in [4.78, 5) is 8.00. The largest absolute Gasteiger partial charge is 0.390 e. The Morgan fingerprint density at radius 1 is 1.13 bits per heavy atom. The van der Waals surface area contributed by atoms with Crippen LogP contribution in [-0.2, 0) is 16.1 Å². The quantitative estimate of drug-likeness (QED) is 0.674. The van der Waals surface area contributed by atoms with Gasteiger partial charge in [-0.15, -0.1) is 0 Å². The van der Waals surface area contributed by atoms with Crippen LogP contribution in [0.4, 0.5) is 0 Å². The highest BCUT2D eigenvalue weighted by molar-refractivity contribution is 6.02. The Balaban J connectivity index is 1.62. The van der Waals surface area contributed by atoms with E-state index in [0.29, 0.717) is 19.7 Å². The van der Waals surface area contributed by atoms with Crippen LogP contribution in [0.25, 0.3) is 0 Å². The van der Waals surface area contributed by atoms with Gasteiger partial charge in [-0.05, 0) is 38.8 Å². The number of hydrogen-bond donors (Lipinski definition) is 1. The third-order valence-corrected chi connectivity index (χ3v) is 5.08. The van der Waals surface area contributed by atoms with Crippen LogP contribution < -0.4 is 0 Å². The molecule has 0 bridgehead atoms. The summed E-state index contributed by atoms with van der Waals surface area (Å²) in [6.07, 6.45) is 0.176. The van der Waals surface area contributed by atoms with E-state index < -0.39 is 6.10 Å². The molecule has 0 amide bonds. The Morgan fingerprint density at radius 2 is 1.83 bits per heavy atom. The molecule has 1 aliphatic rings. The highest BCUT2D eigenvalue weighted by atomic mass is 16.6. The SMILES string of the molecule is Cc1ccccc1C1=NOC(CN(Cc2ccccc2)CC(O)COC(C)(C)C)C1. The van der Waals surface area contributed by atoms with Gasteiger partial charge in [0.25, 0.3) is 0 Å². The second kappa shape index (κ2) is 10.2. The molecule has 0 saturated heterocycles. The number of oxime groups is 1. The lowest BCUT2D eigenvalue weighted by Crippen LogP contribution is -2.40. The van der Waals surface area contributed by atoms with Crippen LogP contribution in [-0.4, -0.2) is 53.2 Å². The molecule has 2 aromatic rings. The zero-order valence-corrected chi connectivity index (χ0v) is 18.5. The van der Waals surface area contributed by atoms with E-state index >= 15 is 0 Å². The van der Waals surface area contributed by atoms with Crippen molar-refractivity contribution in [1.82, 2.24) is 4.90 Å². The van der Waals surface area contributed by atoms with E-state index in [0.717, 1.165) is 24.2 Å². The molecule has 0 saturated carbocycles. The molecule has 2 unspecified atom stereocenters. The first-order chi connectivity index (χ1) is 14.3. The van der Waals surface area contributed by atoms with Crippen molar-refractivity contribution in [3.8, 4) is 0 Å². The van der Waals surface area contributed by atoms with Crippen molar-refractivity contribution in [2.45, 2.75) is 58.5 Å². The maximum Gasteiger partial charge on any atom is 0.145 e. The fourth-order valence-corrected chi connectivity index (χ4v) is 3.61. The van der Waals surface area contributed by atoms with E-state index in [1.54, 1.807) is 0 Å². The average Bonchev–Trinajstić information content (AvgIpc) is 3.15. The molecule has 1 aliphatic heterocycles. The number of benzene rings is 2. The minimum Gasteiger partial charge on any atom is -0.390 e. The molecule has 1 heterocycles. The number of aliphatic hydroxyl groups excluding tert-OH is 1. The molecule has 0 fully saturated rings. The van der Waals surface area contributed by atoms with E-state index in [1.165, 1.54) is 11.1 Å². The van der Waals surface area contributed by atoms with Gasteiger partial charge in [-0.25, -0.2) is 0 Å². The van der Waals surface area contributed by atoms with Crippen LogP contribution in [0.15, 0.2) is 59.8 Å². The Morgan fingerprint density at radius 3 is 2.53 bits per heavy atom. The Kier molecular flexibility index (Phi) is 7.64. The Bertz CT molecular complexity index is 830. The predicted molar refractivity (Wildman–Crippen MR) is 121 cm³/mol. The van der Waals surface area contributed by atoms with Gasteiger partial charge in [-0.1, -0.05) is 59.8 Å². The Labute approximate surface area is 180 Å². The van der Waals surface area contributed by atoms with E-state index in [-0.39, 0.29) is 11.7 Å². The van der Waals surface area contributed by atoms with Crippen molar-refractivity contribution in [1.29, 1.82) is 0 Å². The lowest BCUT2D eigenvalue weighted by molar-refractivity contribution is -0.0600. The van der Waals surface area contributed by atoms with Gasteiger partial charge in [0.05, 0.1) is 24.0 Å². The summed E-state index contributed by atoms with van der Waals surface area (Å²) in [6, 6.07) is 18.6. The molecule has 0 spiro atoms. The first-order valence-electron chi connectivity index (χ1n) is 10.7. The molecule has 2 aromatic carbocycles. The third-order valence-electron chi connectivity index (χ3n) is 5.08. The molecule has 30 heavy (non-hydrogen) atoms. The van der Waals surface area contributed by atoms with Gasteiger partial charge in [0.15, 0.2) is 0 Å². The maximum atomic E-state index is 10.6. The van der Waals surface area contributed by atoms with Crippen molar-refractivity contribution in [3.05, 3.63) is 71.3 Å². The Hall–Kier alpha value is -2.21. The lowest BCUT2D eigenvalue weighted by atomic mass is 10.00. The second-order valence-corrected chi connectivity index (χ2v) is 9.04. The van der Waals surface area contributed by atoms with Crippen molar-refractivity contribution < 1.29 is 14.7 Å².